The van der Waals surface area contributed by atoms with Gasteiger partial charge < -0.3 is 15.2 Å². The fraction of sp³-hybridized carbons (Fsp3) is 0.0833. The molecule has 0 saturated carbocycles. The van der Waals surface area contributed by atoms with Crippen molar-refractivity contribution in [3.63, 3.8) is 0 Å². The van der Waals surface area contributed by atoms with Crippen molar-refractivity contribution in [2.75, 3.05) is 11.9 Å². The Morgan fingerprint density at radius 2 is 2.00 bits per heavy atom. The average molecular weight is 477 g/mol. The van der Waals surface area contributed by atoms with Gasteiger partial charge in [-0.2, -0.15) is 0 Å². The number of carbonyl (C=O) groups is 1. The number of nitrogens with one attached hydrogen (secondary N) is 1. The van der Waals surface area contributed by atoms with Gasteiger partial charge in [-0.05, 0) is 36.4 Å². The summed E-state index contributed by atoms with van der Waals surface area (Å²) in [7, 11) is 0. The molecule has 2 aromatic carbocycles. The van der Waals surface area contributed by atoms with E-state index >= 15 is 0 Å². The number of ether oxygens (including phenoxy) is 1. The van der Waals surface area contributed by atoms with Crippen molar-refractivity contribution < 1.29 is 14.6 Å². The van der Waals surface area contributed by atoms with E-state index < -0.39 is 6.61 Å². The topological polar surface area (TPSA) is 97.2 Å². The molecule has 7 nitrogen and oxygen atoms in total. The van der Waals surface area contributed by atoms with Crippen molar-refractivity contribution >= 4 is 60.5 Å². The summed E-state index contributed by atoms with van der Waals surface area (Å²) in [6, 6.07) is 16.4. The normalized spacial score (nSPS) is 11.1. The molecule has 5 aromatic rings. The van der Waals surface area contributed by atoms with Crippen LogP contribution in [0.5, 0.6) is 5.75 Å². The second-order valence-corrected chi connectivity index (χ2v) is 8.61. The zero-order valence-corrected chi connectivity index (χ0v) is 18.7. The molecule has 0 unspecified atom stereocenters. The molecule has 5 rings (SSSR count). The molecular weight excluding hydrogens is 460 g/mol. The molecule has 0 aliphatic rings. The van der Waals surface area contributed by atoms with Crippen LogP contribution < -0.4 is 10.1 Å². The fourth-order valence-electron chi connectivity index (χ4n) is 3.43. The van der Waals surface area contributed by atoms with Gasteiger partial charge in [0.25, 0.3) is 0 Å². The third kappa shape index (κ3) is 4.36. The van der Waals surface area contributed by atoms with Gasteiger partial charge in [0.15, 0.2) is 5.78 Å². The minimum absolute atomic E-state index is 0.321. The standard InChI is InChI=1S/C24H17ClN4O3S/c25-18-10-15(5-7-20(18)32-12-16-3-1-2-8-26-16)29-23-22-17-6-4-14(19(31)11-30)9-21(17)33-24(22)28-13-27-23/h1-10,13,30H,11-12H2,(H,27,28,29). The van der Waals surface area contributed by atoms with Gasteiger partial charge in [-0.1, -0.05) is 29.8 Å². The van der Waals surface area contributed by atoms with Crippen LogP contribution in [0, 0.1) is 0 Å². The van der Waals surface area contributed by atoms with E-state index in [1.54, 1.807) is 30.5 Å². The first-order valence-electron chi connectivity index (χ1n) is 10.0. The minimum atomic E-state index is -0.522. The predicted octanol–water partition coefficient (Wildman–Crippen LogP) is 5.39. The monoisotopic (exact) mass is 476 g/mol. The number of Topliss-reactive ketones (excluding diaryl/α,β-unsaturated/α-hetero) is 1. The number of pyridine rings is 1. The van der Waals surface area contributed by atoms with Gasteiger partial charge in [-0.3, -0.25) is 9.78 Å². The highest BCUT2D eigenvalue weighted by Crippen LogP contribution is 2.38. The number of aromatic nitrogens is 3. The number of thiophene rings is 1. The van der Waals surface area contributed by atoms with Crippen molar-refractivity contribution in [1.82, 2.24) is 15.0 Å². The van der Waals surface area contributed by atoms with E-state index in [1.165, 1.54) is 17.7 Å². The first kappa shape index (κ1) is 21.3. The highest BCUT2D eigenvalue weighted by atomic mass is 35.5. The highest BCUT2D eigenvalue weighted by molar-refractivity contribution is 7.25. The summed E-state index contributed by atoms with van der Waals surface area (Å²) in [4.78, 5) is 25.7. The number of rotatable bonds is 7. The molecule has 3 aromatic heterocycles. The van der Waals surface area contributed by atoms with Crippen LogP contribution in [0.1, 0.15) is 16.1 Å². The third-order valence-electron chi connectivity index (χ3n) is 5.03. The molecule has 0 radical (unpaired) electrons. The SMILES string of the molecule is O=C(CO)c1ccc2c(c1)sc1ncnc(Nc3ccc(OCc4ccccn4)c(Cl)c3)c12. The van der Waals surface area contributed by atoms with Gasteiger partial charge in [0.1, 0.15) is 35.9 Å². The first-order chi connectivity index (χ1) is 16.1. The summed E-state index contributed by atoms with van der Waals surface area (Å²) in [6.07, 6.45) is 3.21. The highest BCUT2D eigenvalue weighted by Gasteiger charge is 2.15. The maximum Gasteiger partial charge on any atom is 0.188 e. The van der Waals surface area contributed by atoms with Crippen LogP contribution in [0.4, 0.5) is 11.5 Å². The van der Waals surface area contributed by atoms with Crippen LogP contribution in [0.2, 0.25) is 5.02 Å². The summed E-state index contributed by atoms with van der Waals surface area (Å²) in [5.74, 6) is 0.868. The number of fused-ring (bicyclic) bond motifs is 3. The van der Waals surface area contributed by atoms with Crippen molar-refractivity contribution in [1.29, 1.82) is 0 Å². The number of ketones is 1. The molecule has 0 saturated heterocycles. The zero-order valence-electron chi connectivity index (χ0n) is 17.2. The molecule has 9 heteroatoms. The second kappa shape index (κ2) is 9.11. The quantitative estimate of drug-likeness (QED) is 0.304. The van der Waals surface area contributed by atoms with Gasteiger partial charge in [0, 0.05) is 27.5 Å². The maximum absolute atomic E-state index is 11.9. The van der Waals surface area contributed by atoms with Crippen LogP contribution in [-0.2, 0) is 6.61 Å². The Bertz CT molecular complexity index is 1470. The summed E-state index contributed by atoms with van der Waals surface area (Å²) in [6.45, 7) is -0.202. The molecular formula is C24H17ClN4O3S. The molecule has 0 aliphatic carbocycles. The smallest absolute Gasteiger partial charge is 0.188 e. The maximum atomic E-state index is 11.9. The molecule has 164 valence electrons. The van der Waals surface area contributed by atoms with E-state index in [0.717, 1.165) is 31.7 Å². The van der Waals surface area contributed by atoms with E-state index in [9.17, 15) is 4.79 Å². The number of hydrogen-bond acceptors (Lipinski definition) is 8. The van der Waals surface area contributed by atoms with Crippen molar-refractivity contribution in [3.8, 4) is 5.75 Å². The van der Waals surface area contributed by atoms with Gasteiger partial charge in [0.2, 0.25) is 0 Å². The van der Waals surface area contributed by atoms with E-state index in [-0.39, 0.29) is 5.78 Å². The van der Waals surface area contributed by atoms with E-state index in [2.05, 4.69) is 20.3 Å². The van der Waals surface area contributed by atoms with Crippen LogP contribution in [0.15, 0.2) is 67.1 Å². The van der Waals surface area contributed by atoms with Crippen LogP contribution in [-0.4, -0.2) is 32.4 Å². The lowest BCUT2D eigenvalue weighted by atomic mass is 10.1. The number of aliphatic hydroxyl groups excluding tert-OH is 1. The summed E-state index contributed by atoms with van der Waals surface area (Å²) in [5, 5.41) is 14.7. The largest absolute Gasteiger partial charge is 0.486 e. The van der Waals surface area contributed by atoms with Crippen molar-refractivity contribution in [2.24, 2.45) is 0 Å². The Kier molecular flexibility index (Phi) is 5.87. The van der Waals surface area contributed by atoms with Gasteiger partial charge in [-0.25, -0.2) is 9.97 Å². The summed E-state index contributed by atoms with van der Waals surface area (Å²) < 4.78 is 6.68. The predicted molar refractivity (Wildman–Crippen MR) is 130 cm³/mol. The number of aliphatic hydroxyl groups is 1. The molecule has 0 spiro atoms. The molecule has 0 bridgehead atoms. The third-order valence-corrected chi connectivity index (χ3v) is 6.39. The molecule has 0 amide bonds. The van der Waals surface area contributed by atoms with E-state index in [1.807, 2.05) is 30.3 Å². The van der Waals surface area contributed by atoms with Gasteiger partial charge >= 0.3 is 0 Å². The Hall–Kier alpha value is -3.59. The molecule has 2 N–H and O–H groups in total. The second-order valence-electron chi connectivity index (χ2n) is 7.18. The van der Waals surface area contributed by atoms with Gasteiger partial charge in [0.05, 0.1) is 16.1 Å². The Morgan fingerprint density at radius 1 is 1.09 bits per heavy atom. The Balaban J connectivity index is 1.42. The molecule has 0 fully saturated rings. The van der Waals surface area contributed by atoms with Gasteiger partial charge in [-0.15, -0.1) is 11.3 Å². The number of nitrogens with zero attached hydrogens (tertiary/aromatic N) is 3. The lowest BCUT2D eigenvalue weighted by molar-refractivity contribution is 0.0904. The first-order valence-corrected chi connectivity index (χ1v) is 11.2. The Morgan fingerprint density at radius 3 is 2.79 bits per heavy atom. The van der Waals surface area contributed by atoms with Crippen molar-refractivity contribution in [2.45, 2.75) is 6.61 Å². The summed E-state index contributed by atoms with van der Waals surface area (Å²) in [5.41, 5.74) is 2.02. The van der Waals surface area contributed by atoms with Crippen LogP contribution >= 0.6 is 22.9 Å². The lowest BCUT2D eigenvalue weighted by Gasteiger charge is -2.11. The number of carbonyl (C=O) groups excluding carboxylic acids is 1. The zero-order chi connectivity index (χ0) is 22.8. The molecule has 0 aliphatic heterocycles. The molecule has 0 atom stereocenters. The molecule has 33 heavy (non-hydrogen) atoms. The lowest BCUT2D eigenvalue weighted by Crippen LogP contribution is -2.03. The minimum Gasteiger partial charge on any atom is -0.486 e. The fourth-order valence-corrected chi connectivity index (χ4v) is 4.75. The van der Waals surface area contributed by atoms with E-state index in [0.29, 0.717) is 28.8 Å². The number of halogens is 1. The number of benzene rings is 2. The van der Waals surface area contributed by atoms with Crippen LogP contribution in [0.25, 0.3) is 20.3 Å². The van der Waals surface area contributed by atoms with E-state index in [4.69, 9.17) is 21.4 Å². The van der Waals surface area contributed by atoms with Crippen molar-refractivity contribution in [3.05, 3.63) is 83.4 Å². The molecule has 3 heterocycles. The summed E-state index contributed by atoms with van der Waals surface area (Å²) >= 11 is 7.91. The van der Waals surface area contributed by atoms with Crippen LogP contribution in [0.3, 0.4) is 0 Å². The number of hydrogen-bond donors (Lipinski definition) is 2. The number of anilines is 2. The Labute approximate surface area is 197 Å². The average Bonchev–Trinajstić information content (AvgIpc) is 3.22.